The molecule has 10 nitrogen and oxygen atoms in total. The van der Waals surface area contributed by atoms with Crippen molar-refractivity contribution in [3.63, 3.8) is 0 Å². The molecule has 0 heterocycles. The molecule has 0 saturated carbocycles. The normalized spacial score (nSPS) is 11.1. The SMILES string of the molecule is O=[N+]([O-])c1cc([N+](=O)[O-])c(N=P(c2ccc(F)cc2)(c2ccc(F)cc2)c2ccc(F)cc2)c([N+](=O)[O-])c1. The second kappa shape index (κ2) is 10.2. The zero-order valence-electron chi connectivity index (χ0n) is 18.9. The fourth-order valence-electron chi connectivity index (χ4n) is 3.82. The molecule has 192 valence electrons. The average molecular weight is 542 g/mol. The fraction of sp³-hybridized carbons (Fsp3) is 0. The highest BCUT2D eigenvalue weighted by molar-refractivity contribution is 7.87. The van der Waals surface area contributed by atoms with E-state index in [9.17, 15) is 43.5 Å². The summed E-state index contributed by atoms with van der Waals surface area (Å²) in [7, 11) is -3.66. The summed E-state index contributed by atoms with van der Waals surface area (Å²) in [6.45, 7) is 0. The largest absolute Gasteiger partial charge is 0.308 e. The van der Waals surface area contributed by atoms with Crippen LogP contribution in [-0.2, 0) is 0 Å². The van der Waals surface area contributed by atoms with Crippen molar-refractivity contribution in [2.45, 2.75) is 0 Å². The number of hydrogen-bond acceptors (Lipinski definition) is 7. The number of benzene rings is 4. The van der Waals surface area contributed by atoms with Gasteiger partial charge in [0.2, 0.25) is 5.69 Å². The molecule has 0 bridgehead atoms. The Morgan fingerprint density at radius 1 is 0.553 bits per heavy atom. The zero-order valence-corrected chi connectivity index (χ0v) is 19.8. The lowest BCUT2D eigenvalue weighted by molar-refractivity contribution is -0.402. The molecular weight excluding hydrogens is 528 g/mol. The molecule has 0 saturated heterocycles. The minimum Gasteiger partial charge on any atom is -0.258 e. The number of hydrogen-bond donors (Lipinski definition) is 0. The summed E-state index contributed by atoms with van der Waals surface area (Å²) in [5.74, 6) is -1.92. The molecule has 0 aliphatic heterocycles. The van der Waals surface area contributed by atoms with Gasteiger partial charge in [0.25, 0.3) is 5.69 Å². The van der Waals surface area contributed by atoms with Crippen molar-refractivity contribution in [2.75, 3.05) is 0 Å². The summed E-state index contributed by atoms with van der Waals surface area (Å²) in [6.07, 6.45) is 0. The molecule has 0 fully saturated rings. The average Bonchev–Trinajstić information content (AvgIpc) is 2.88. The number of nitro benzene ring substituents is 3. The van der Waals surface area contributed by atoms with E-state index < -0.39 is 62.0 Å². The van der Waals surface area contributed by atoms with Crippen molar-refractivity contribution in [2.24, 2.45) is 4.74 Å². The van der Waals surface area contributed by atoms with Gasteiger partial charge in [0, 0.05) is 15.9 Å². The predicted octanol–water partition coefficient (Wildman–Crippen LogP) is 5.64. The van der Waals surface area contributed by atoms with Crippen LogP contribution in [0.3, 0.4) is 0 Å². The molecule has 0 aliphatic carbocycles. The Balaban J connectivity index is 2.28. The fourth-order valence-corrected chi connectivity index (χ4v) is 7.30. The number of nitrogens with zero attached hydrogens (tertiary/aromatic N) is 4. The predicted molar refractivity (Wildman–Crippen MR) is 134 cm³/mol. The molecule has 38 heavy (non-hydrogen) atoms. The van der Waals surface area contributed by atoms with Gasteiger partial charge >= 0.3 is 11.4 Å². The summed E-state index contributed by atoms with van der Waals surface area (Å²) in [6, 6.07) is 15.4. The van der Waals surface area contributed by atoms with Crippen LogP contribution in [0.2, 0.25) is 0 Å². The van der Waals surface area contributed by atoms with Gasteiger partial charge in [0.1, 0.15) is 17.5 Å². The Morgan fingerprint density at radius 3 is 1.13 bits per heavy atom. The Kier molecular flexibility index (Phi) is 7.04. The number of nitro groups is 3. The lowest BCUT2D eigenvalue weighted by Crippen LogP contribution is -2.25. The van der Waals surface area contributed by atoms with Crippen LogP contribution < -0.4 is 15.9 Å². The maximum atomic E-state index is 13.9. The quantitative estimate of drug-likeness (QED) is 0.168. The first-order valence-electron chi connectivity index (χ1n) is 10.5. The molecule has 0 aromatic heterocycles. The van der Waals surface area contributed by atoms with E-state index in [-0.39, 0.29) is 15.9 Å². The first-order valence-corrected chi connectivity index (χ1v) is 12.3. The van der Waals surface area contributed by atoms with Crippen LogP contribution in [-0.4, -0.2) is 14.8 Å². The van der Waals surface area contributed by atoms with E-state index in [1.165, 1.54) is 36.4 Å². The van der Waals surface area contributed by atoms with Crippen molar-refractivity contribution in [1.29, 1.82) is 0 Å². The Morgan fingerprint density at radius 2 is 0.868 bits per heavy atom. The first kappa shape index (κ1) is 26.2. The molecule has 0 atom stereocenters. The highest BCUT2D eigenvalue weighted by atomic mass is 31.2. The monoisotopic (exact) mass is 542 g/mol. The second-order valence-electron chi connectivity index (χ2n) is 7.77. The smallest absolute Gasteiger partial charge is 0.258 e. The van der Waals surface area contributed by atoms with Crippen LogP contribution >= 0.6 is 7.05 Å². The summed E-state index contributed by atoms with van der Waals surface area (Å²) >= 11 is 0. The van der Waals surface area contributed by atoms with Gasteiger partial charge in [-0.2, -0.15) is 0 Å². The van der Waals surface area contributed by atoms with Crippen LogP contribution in [0.25, 0.3) is 0 Å². The third-order valence-electron chi connectivity index (χ3n) is 5.51. The molecule has 0 radical (unpaired) electrons. The highest BCUT2D eigenvalue weighted by Crippen LogP contribution is 2.53. The van der Waals surface area contributed by atoms with Crippen LogP contribution in [0.15, 0.2) is 89.7 Å². The summed E-state index contributed by atoms with van der Waals surface area (Å²) in [4.78, 5) is 32.1. The van der Waals surface area contributed by atoms with Crippen molar-refractivity contribution < 1.29 is 27.9 Å². The molecule has 0 amide bonds. The lowest BCUT2D eigenvalue weighted by atomic mass is 10.2. The molecule has 14 heteroatoms. The van der Waals surface area contributed by atoms with E-state index in [2.05, 4.69) is 4.74 Å². The number of halogens is 3. The lowest BCUT2D eigenvalue weighted by Gasteiger charge is -2.26. The van der Waals surface area contributed by atoms with Gasteiger partial charge in [0.05, 0.1) is 34.0 Å². The molecule has 4 aromatic rings. The third kappa shape index (κ3) is 4.87. The molecule has 0 N–H and O–H groups in total. The van der Waals surface area contributed by atoms with E-state index in [0.29, 0.717) is 12.1 Å². The van der Waals surface area contributed by atoms with Crippen molar-refractivity contribution in [1.82, 2.24) is 0 Å². The molecule has 4 rings (SSSR count). The molecule has 0 spiro atoms. The van der Waals surface area contributed by atoms with Crippen molar-refractivity contribution in [3.8, 4) is 0 Å². The summed E-state index contributed by atoms with van der Waals surface area (Å²) in [5, 5.41) is 36.0. The van der Waals surface area contributed by atoms with Gasteiger partial charge in [-0.05, 0) is 72.8 Å². The summed E-state index contributed by atoms with van der Waals surface area (Å²) < 4.78 is 46.3. The molecule has 4 aromatic carbocycles. The van der Waals surface area contributed by atoms with Crippen LogP contribution in [0.1, 0.15) is 0 Å². The minimum absolute atomic E-state index is 0.235. The molecular formula is C24H14F3N4O6P. The standard InChI is InChI=1S/C24H14F3N4O6P/c25-15-1-7-19(8-2-15)38(20-9-3-16(26)4-10-20,21-11-5-17(27)6-12-21)28-24-22(30(34)35)13-18(29(32)33)14-23(24)31(36)37/h1-14H. The number of rotatable bonds is 7. The first-order chi connectivity index (χ1) is 18.0. The number of non-ortho nitro benzene ring substituents is 1. The van der Waals surface area contributed by atoms with Gasteiger partial charge in [-0.25, -0.2) is 17.9 Å². The zero-order chi connectivity index (χ0) is 27.6. The van der Waals surface area contributed by atoms with Crippen LogP contribution in [0, 0.1) is 47.8 Å². The van der Waals surface area contributed by atoms with E-state index in [1.54, 1.807) is 0 Å². The van der Waals surface area contributed by atoms with Crippen molar-refractivity contribution in [3.05, 3.63) is 133 Å². The Labute approximate surface area is 211 Å². The van der Waals surface area contributed by atoms with E-state index in [4.69, 9.17) is 0 Å². The minimum atomic E-state index is -3.66. The molecule has 0 aliphatic rings. The van der Waals surface area contributed by atoms with E-state index in [1.807, 2.05) is 0 Å². The van der Waals surface area contributed by atoms with Gasteiger partial charge in [0.15, 0.2) is 0 Å². The summed E-state index contributed by atoms with van der Waals surface area (Å²) in [5.41, 5.74) is -3.75. The van der Waals surface area contributed by atoms with Gasteiger partial charge in [-0.3, -0.25) is 30.3 Å². The van der Waals surface area contributed by atoms with Gasteiger partial charge < -0.3 is 0 Å². The van der Waals surface area contributed by atoms with Gasteiger partial charge in [-0.15, -0.1) is 0 Å². The highest BCUT2D eigenvalue weighted by Gasteiger charge is 2.35. The van der Waals surface area contributed by atoms with E-state index >= 15 is 0 Å². The maximum Gasteiger partial charge on any atom is 0.308 e. The Hall–Kier alpha value is -4.90. The van der Waals surface area contributed by atoms with Crippen LogP contribution in [0.5, 0.6) is 0 Å². The molecule has 0 unspecified atom stereocenters. The maximum absolute atomic E-state index is 13.9. The second-order valence-corrected chi connectivity index (χ2v) is 10.8. The van der Waals surface area contributed by atoms with E-state index in [0.717, 1.165) is 36.4 Å². The Bertz CT molecular complexity index is 1480. The topological polar surface area (TPSA) is 142 Å². The van der Waals surface area contributed by atoms with Gasteiger partial charge in [-0.1, -0.05) is 0 Å². The van der Waals surface area contributed by atoms with Crippen molar-refractivity contribution >= 4 is 45.7 Å². The van der Waals surface area contributed by atoms with Crippen LogP contribution in [0.4, 0.5) is 35.9 Å². The third-order valence-corrected chi connectivity index (χ3v) is 9.15.